The second-order valence-electron chi connectivity index (χ2n) is 8.35. The molecule has 3 aromatic rings. The lowest BCUT2D eigenvalue weighted by Crippen LogP contribution is -2.44. The monoisotopic (exact) mass is 428 g/mol. The van der Waals surface area contributed by atoms with Crippen molar-refractivity contribution < 1.29 is 9.59 Å². The fraction of sp³-hybridized carbons (Fsp3) is 0.280. The number of amides is 2. The van der Waals surface area contributed by atoms with Crippen LogP contribution in [0.15, 0.2) is 65.7 Å². The van der Waals surface area contributed by atoms with Crippen molar-refractivity contribution in [1.82, 2.24) is 14.5 Å². The lowest BCUT2D eigenvalue weighted by atomic mass is 9.73. The van der Waals surface area contributed by atoms with E-state index in [1.807, 2.05) is 44.2 Å². The van der Waals surface area contributed by atoms with Gasteiger partial charge in [-0.05, 0) is 55.7 Å². The molecule has 1 N–H and O–H groups in total. The number of carbonyl (C=O) groups is 2. The van der Waals surface area contributed by atoms with Crippen molar-refractivity contribution in [3.05, 3.63) is 93.7 Å². The molecule has 7 nitrogen and oxygen atoms in total. The zero-order valence-corrected chi connectivity index (χ0v) is 18.0. The largest absolute Gasteiger partial charge is 0.330 e. The van der Waals surface area contributed by atoms with Gasteiger partial charge >= 0.3 is 0 Å². The summed E-state index contributed by atoms with van der Waals surface area (Å²) in [5.41, 5.74) is 2.11. The van der Waals surface area contributed by atoms with Crippen molar-refractivity contribution in [2.75, 3.05) is 11.9 Å². The van der Waals surface area contributed by atoms with Crippen molar-refractivity contribution in [1.29, 1.82) is 0 Å². The molecule has 2 atom stereocenters. The molecule has 1 aromatic carbocycles. The van der Waals surface area contributed by atoms with E-state index in [-0.39, 0.29) is 22.9 Å². The van der Waals surface area contributed by atoms with E-state index in [0.717, 1.165) is 22.5 Å². The van der Waals surface area contributed by atoms with Gasteiger partial charge in [-0.3, -0.25) is 19.4 Å². The number of hydrogen-bond donors (Lipinski definition) is 1. The van der Waals surface area contributed by atoms with Crippen LogP contribution in [0.5, 0.6) is 0 Å². The molecule has 7 heteroatoms. The highest BCUT2D eigenvalue weighted by molar-refractivity contribution is 6.08. The minimum absolute atomic E-state index is 0.120. The van der Waals surface area contributed by atoms with Crippen LogP contribution >= 0.6 is 0 Å². The van der Waals surface area contributed by atoms with Crippen molar-refractivity contribution in [3.8, 4) is 0 Å². The Morgan fingerprint density at radius 1 is 1.16 bits per heavy atom. The molecule has 0 radical (unpaired) electrons. The molecular weight excluding hydrogens is 404 g/mol. The number of nitrogens with one attached hydrogen (secondary N) is 1. The van der Waals surface area contributed by atoms with Crippen molar-refractivity contribution in [3.63, 3.8) is 0 Å². The van der Waals surface area contributed by atoms with Crippen LogP contribution in [0.1, 0.15) is 46.6 Å². The van der Waals surface area contributed by atoms with Gasteiger partial charge < -0.3 is 14.8 Å². The molecule has 4 heterocycles. The molecule has 1 spiro atoms. The van der Waals surface area contributed by atoms with Gasteiger partial charge in [0.25, 0.3) is 11.5 Å². The van der Waals surface area contributed by atoms with Crippen LogP contribution in [-0.4, -0.2) is 32.8 Å². The van der Waals surface area contributed by atoms with E-state index in [1.54, 1.807) is 40.1 Å². The van der Waals surface area contributed by atoms with Gasteiger partial charge in [0.1, 0.15) is 11.0 Å². The van der Waals surface area contributed by atoms with Crippen molar-refractivity contribution in [2.45, 2.75) is 38.3 Å². The van der Waals surface area contributed by atoms with Gasteiger partial charge in [0.15, 0.2) is 0 Å². The summed E-state index contributed by atoms with van der Waals surface area (Å²) >= 11 is 0. The fourth-order valence-corrected chi connectivity index (χ4v) is 5.29. The Labute approximate surface area is 185 Å². The Balaban J connectivity index is 1.67. The van der Waals surface area contributed by atoms with Gasteiger partial charge in [-0.1, -0.05) is 24.3 Å². The van der Waals surface area contributed by atoms with Crippen LogP contribution < -0.4 is 10.9 Å². The summed E-state index contributed by atoms with van der Waals surface area (Å²) in [4.78, 5) is 46.2. The molecule has 2 unspecified atom stereocenters. The molecule has 0 saturated carbocycles. The number of likely N-dealkylation sites (tertiary alicyclic amines) is 1. The van der Waals surface area contributed by atoms with Crippen LogP contribution in [0.3, 0.4) is 0 Å². The van der Waals surface area contributed by atoms with Gasteiger partial charge in [0, 0.05) is 36.9 Å². The first kappa shape index (κ1) is 20.2. The topological polar surface area (TPSA) is 84.3 Å². The van der Waals surface area contributed by atoms with Crippen LogP contribution in [-0.2, 0) is 16.8 Å². The number of rotatable bonds is 3. The average molecular weight is 428 g/mol. The highest BCUT2D eigenvalue weighted by Crippen LogP contribution is 2.54. The molecule has 1 fully saturated rings. The SMILES string of the molecule is CCn1c(C)ccc(C(=O)N2CCC3(C(=O)Nc4ccccc43)C2c2cccnc2)c1=O. The zero-order valence-electron chi connectivity index (χ0n) is 18.0. The van der Waals surface area contributed by atoms with Gasteiger partial charge in [-0.25, -0.2) is 0 Å². The van der Waals surface area contributed by atoms with E-state index in [2.05, 4.69) is 10.3 Å². The number of para-hydroxylation sites is 1. The molecule has 2 amide bonds. The minimum atomic E-state index is -0.927. The summed E-state index contributed by atoms with van der Waals surface area (Å²) in [5, 5.41) is 3.00. The quantitative estimate of drug-likeness (QED) is 0.695. The molecule has 1 saturated heterocycles. The highest BCUT2D eigenvalue weighted by Gasteiger charge is 2.59. The molecule has 5 rings (SSSR count). The average Bonchev–Trinajstić information content (AvgIpc) is 3.34. The van der Waals surface area contributed by atoms with Gasteiger partial charge in [0.2, 0.25) is 5.91 Å². The number of anilines is 1. The van der Waals surface area contributed by atoms with E-state index in [0.29, 0.717) is 19.5 Å². The molecule has 2 aliphatic rings. The van der Waals surface area contributed by atoms with Crippen LogP contribution in [0.2, 0.25) is 0 Å². The third-order valence-corrected chi connectivity index (χ3v) is 6.79. The third-order valence-electron chi connectivity index (χ3n) is 6.79. The van der Waals surface area contributed by atoms with Gasteiger partial charge in [-0.15, -0.1) is 0 Å². The first-order valence-corrected chi connectivity index (χ1v) is 10.8. The maximum atomic E-state index is 13.8. The predicted molar refractivity (Wildman–Crippen MR) is 120 cm³/mol. The minimum Gasteiger partial charge on any atom is -0.330 e. The molecule has 2 aliphatic heterocycles. The van der Waals surface area contributed by atoms with E-state index in [4.69, 9.17) is 0 Å². The molecule has 32 heavy (non-hydrogen) atoms. The number of benzene rings is 1. The maximum absolute atomic E-state index is 13.8. The first-order chi connectivity index (χ1) is 15.5. The summed E-state index contributed by atoms with van der Waals surface area (Å²) in [6.45, 7) is 4.57. The summed E-state index contributed by atoms with van der Waals surface area (Å²) in [6, 6.07) is 14.1. The number of hydrogen-bond acceptors (Lipinski definition) is 4. The van der Waals surface area contributed by atoms with Crippen molar-refractivity contribution in [2.24, 2.45) is 0 Å². The Bertz CT molecular complexity index is 1280. The first-order valence-electron chi connectivity index (χ1n) is 10.8. The smallest absolute Gasteiger partial charge is 0.263 e. The number of carbonyl (C=O) groups excluding carboxylic acids is 2. The second kappa shape index (κ2) is 7.44. The summed E-state index contributed by atoms with van der Waals surface area (Å²) in [5.74, 6) is -0.488. The van der Waals surface area contributed by atoms with E-state index < -0.39 is 11.5 Å². The fourth-order valence-electron chi connectivity index (χ4n) is 5.29. The Hall–Kier alpha value is -3.74. The second-order valence-corrected chi connectivity index (χ2v) is 8.35. The number of aromatic nitrogens is 2. The molecular formula is C25H24N4O3. The summed E-state index contributed by atoms with van der Waals surface area (Å²) < 4.78 is 1.59. The third kappa shape index (κ3) is 2.74. The van der Waals surface area contributed by atoms with Crippen molar-refractivity contribution >= 4 is 17.5 Å². The van der Waals surface area contributed by atoms with Gasteiger partial charge in [0.05, 0.1) is 6.04 Å². The van der Waals surface area contributed by atoms with Gasteiger partial charge in [-0.2, -0.15) is 0 Å². The number of nitrogens with zero attached hydrogens (tertiary/aromatic N) is 3. The standard InChI is InChI=1S/C25H24N4O3/c1-3-28-16(2)10-11-18(22(28)30)23(31)29-14-12-25(21(29)17-7-6-13-26-15-17)19-8-4-5-9-20(19)27-24(25)32/h4-11,13,15,21H,3,12,14H2,1-2H3,(H,27,32). The van der Waals surface area contributed by atoms with E-state index in [1.165, 1.54) is 0 Å². The Morgan fingerprint density at radius 3 is 2.72 bits per heavy atom. The Kier molecular flexibility index (Phi) is 4.69. The number of fused-ring (bicyclic) bond motifs is 2. The molecule has 2 aromatic heterocycles. The predicted octanol–water partition coefficient (Wildman–Crippen LogP) is 3.05. The zero-order chi connectivity index (χ0) is 22.5. The summed E-state index contributed by atoms with van der Waals surface area (Å²) in [6.07, 6.45) is 3.83. The van der Waals surface area contributed by atoms with Crippen LogP contribution in [0, 0.1) is 6.92 Å². The molecule has 0 bridgehead atoms. The molecule has 0 aliphatic carbocycles. The number of pyridine rings is 2. The lowest BCUT2D eigenvalue weighted by Gasteiger charge is -2.34. The maximum Gasteiger partial charge on any atom is 0.263 e. The Morgan fingerprint density at radius 2 is 1.97 bits per heavy atom. The highest BCUT2D eigenvalue weighted by atomic mass is 16.2. The van der Waals surface area contributed by atoms with Crippen LogP contribution in [0.4, 0.5) is 5.69 Å². The van der Waals surface area contributed by atoms with Crippen LogP contribution in [0.25, 0.3) is 0 Å². The van der Waals surface area contributed by atoms with E-state index in [9.17, 15) is 14.4 Å². The number of aryl methyl sites for hydroxylation is 1. The summed E-state index contributed by atoms with van der Waals surface area (Å²) in [7, 11) is 0. The normalized spacial score (nSPS) is 21.6. The lowest BCUT2D eigenvalue weighted by molar-refractivity contribution is -0.121. The van der Waals surface area contributed by atoms with E-state index >= 15 is 0 Å². The molecule has 162 valence electrons.